The standard InChI is InChI=1S/C16H23N3/c1-13-15(12-19-10-5-8-17-9-11-19)14-6-3-4-7-16(14)18(13)2/h3-4,6-7,17H,5,8-12H2,1-2H3. The van der Waals surface area contributed by atoms with Crippen LogP contribution in [0.15, 0.2) is 24.3 Å². The topological polar surface area (TPSA) is 20.2 Å². The molecule has 0 unspecified atom stereocenters. The van der Waals surface area contributed by atoms with E-state index in [0.29, 0.717) is 0 Å². The maximum absolute atomic E-state index is 3.47. The highest BCUT2D eigenvalue weighted by Gasteiger charge is 2.15. The lowest BCUT2D eigenvalue weighted by molar-refractivity contribution is 0.284. The zero-order valence-electron chi connectivity index (χ0n) is 11.9. The fourth-order valence-corrected chi connectivity index (χ4v) is 3.08. The number of benzene rings is 1. The summed E-state index contributed by atoms with van der Waals surface area (Å²) in [6.07, 6.45) is 1.25. The smallest absolute Gasteiger partial charge is 0.0483 e. The van der Waals surface area contributed by atoms with Gasteiger partial charge in [0.2, 0.25) is 0 Å². The first-order valence-electron chi connectivity index (χ1n) is 7.23. The molecular weight excluding hydrogens is 234 g/mol. The van der Waals surface area contributed by atoms with Gasteiger partial charge in [-0.15, -0.1) is 0 Å². The molecule has 0 atom stereocenters. The van der Waals surface area contributed by atoms with Gasteiger partial charge in [0.25, 0.3) is 0 Å². The van der Waals surface area contributed by atoms with Crippen molar-refractivity contribution in [3.63, 3.8) is 0 Å². The fourth-order valence-electron chi connectivity index (χ4n) is 3.08. The molecule has 102 valence electrons. The van der Waals surface area contributed by atoms with Crippen LogP contribution in [-0.4, -0.2) is 35.6 Å². The van der Waals surface area contributed by atoms with Gasteiger partial charge in [-0.2, -0.15) is 0 Å². The third kappa shape index (κ3) is 2.40. The molecule has 0 amide bonds. The van der Waals surface area contributed by atoms with Crippen LogP contribution in [0.1, 0.15) is 17.7 Å². The Labute approximate surface area is 115 Å². The number of hydrogen-bond donors (Lipinski definition) is 1. The van der Waals surface area contributed by atoms with Gasteiger partial charge >= 0.3 is 0 Å². The number of rotatable bonds is 2. The predicted octanol–water partition coefficient (Wildman–Crippen LogP) is 2.28. The summed E-state index contributed by atoms with van der Waals surface area (Å²) < 4.78 is 2.32. The van der Waals surface area contributed by atoms with Crippen LogP contribution in [0.4, 0.5) is 0 Å². The van der Waals surface area contributed by atoms with Crippen LogP contribution in [0, 0.1) is 6.92 Å². The summed E-state index contributed by atoms with van der Waals surface area (Å²) in [5.41, 5.74) is 4.25. The zero-order chi connectivity index (χ0) is 13.2. The highest BCUT2D eigenvalue weighted by atomic mass is 15.2. The minimum Gasteiger partial charge on any atom is -0.348 e. The molecule has 3 rings (SSSR count). The Morgan fingerprint density at radius 3 is 2.89 bits per heavy atom. The average Bonchev–Trinajstić information content (AvgIpc) is 2.65. The summed E-state index contributed by atoms with van der Waals surface area (Å²) in [5.74, 6) is 0. The Morgan fingerprint density at radius 1 is 1.16 bits per heavy atom. The van der Waals surface area contributed by atoms with Gasteiger partial charge in [0.05, 0.1) is 0 Å². The lowest BCUT2D eigenvalue weighted by Gasteiger charge is -2.19. The van der Waals surface area contributed by atoms with E-state index in [1.54, 1.807) is 0 Å². The van der Waals surface area contributed by atoms with E-state index in [1.165, 1.54) is 35.1 Å². The summed E-state index contributed by atoms with van der Waals surface area (Å²) >= 11 is 0. The molecule has 3 heteroatoms. The molecule has 2 aromatic rings. The lowest BCUT2D eigenvalue weighted by atomic mass is 10.1. The highest BCUT2D eigenvalue weighted by molar-refractivity contribution is 5.85. The summed E-state index contributed by atoms with van der Waals surface area (Å²) in [5, 5.41) is 4.89. The van der Waals surface area contributed by atoms with Crippen LogP contribution in [0.25, 0.3) is 10.9 Å². The molecule has 1 aromatic heterocycles. The molecule has 1 saturated heterocycles. The minimum atomic E-state index is 1.08. The summed E-state index contributed by atoms with van der Waals surface area (Å²) in [7, 11) is 2.17. The van der Waals surface area contributed by atoms with E-state index in [0.717, 1.165) is 26.2 Å². The summed E-state index contributed by atoms with van der Waals surface area (Å²) in [6.45, 7) is 7.95. The second kappa shape index (κ2) is 5.35. The van der Waals surface area contributed by atoms with E-state index in [2.05, 4.69) is 53.0 Å². The van der Waals surface area contributed by atoms with Crippen LogP contribution in [0.5, 0.6) is 0 Å². The van der Waals surface area contributed by atoms with Gasteiger partial charge < -0.3 is 9.88 Å². The average molecular weight is 257 g/mol. The van der Waals surface area contributed by atoms with Gasteiger partial charge in [-0.05, 0) is 38.1 Å². The molecule has 1 aromatic carbocycles. The first-order valence-corrected chi connectivity index (χ1v) is 7.23. The number of para-hydroxylation sites is 1. The number of nitrogens with zero attached hydrogens (tertiary/aromatic N) is 2. The largest absolute Gasteiger partial charge is 0.348 e. The fraction of sp³-hybridized carbons (Fsp3) is 0.500. The van der Waals surface area contributed by atoms with Gasteiger partial charge in [0, 0.05) is 43.3 Å². The van der Waals surface area contributed by atoms with Gasteiger partial charge in [0.15, 0.2) is 0 Å². The van der Waals surface area contributed by atoms with Gasteiger partial charge in [0.1, 0.15) is 0 Å². The molecule has 2 heterocycles. The quantitative estimate of drug-likeness (QED) is 0.890. The van der Waals surface area contributed by atoms with Crippen molar-refractivity contribution in [2.45, 2.75) is 19.9 Å². The van der Waals surface area contributed by atoms with Crippen molar-refractivity contribution >= 4 is 10.9 Å². The van der Waals surface area contributed by atoms with Crippen molar-refractivity contribution in [1.29, 1.82) is 0 Å². The molecule has 0 saturated carbocycles. The third-order valence-electron chi connectivity index (χ3n) is 4.34. The van der Waals surface area contributed by atoms with Crippen LogP contribution in [-0.2, 0) is 13.6 Å². The molecule has 1 fully saturated rings. The number of aromatic nitrogens is 1. The van der Waals surface area contributed by atoms with Crippen molar-refractivity contribution in [3.05, 3.63) is 35.5 Å². The molecule has 0 radical (unpaired) electrons. The van der Waals surface area contributed by atoms with Crippen LogP contribution < -0.4 is 5.32 Å². The van der Waals surface area contributed by atoms with Crippen molar-refractivity contribution < 1.29 is 0 Å². The van der Waals surface area contributed by atoms with Crippen molar-refractivity contribution in [2.75, 3.05) is 26.2 Å². The summed E-state index contributed by atoms with van der Waals surface area (Å²) in [6, 6.07) is 8.75. The monoisotopic (exact) mass is 257 g/mol. The number of hydrogen-bond acceptors (Lipinski definition) is 2. The number of nitrogens with one attached hydrogen (secondary N) is 1. The Kier molecular flexibility index (Phi) is 3.58. The Morgan fingerprint density at radius 2 is 2.00 bits per heavy atom. The van der Waals surface area contributed by atoms with Gasteiger partial charge in [-0.1, -0.05) is 18.2 Å². The van der Waals surface area contributed by atoms with Crippen molar-refractivity contribution in [2.24, 2.45) is 7.05 Å². The van der Waals surface area contributed by atoms with Crippen LogP contribution in [0.3, 0.4) is 0 Å². The molecule has 1 aliphatic heterocycles. The third-order valence-corrected chi connectivity index (χ3v) is 4.34. The summed E-state index contributed by atoms with van der Waals surface area (Å²) in [4.78, 5) is 2.58. The minimum absolute atomic E-state index is 1.08. The molecule has 19 heavy (non-hydrogen) atoms. The van der Waals surface area contributed by atoms with E-state index < -0.39 is 0 Å². The normalized spacial score (nSPS) is 17.8. The second-order valence-electron chi connectivity index (χ2n) is 5.52. The van der Waals surface area contributed by atoms with E-state index in [4.69, 9.17) is 0 Å². The Hall–Kier alpha value is -1.32. The molecule has 0 spiro atoms. The van der Waals surface area contributed by atoms with Gasteiger partial charge in [-0.3, -0.25) is 4.90 Å². The van der Waals surface area contributed by atoms with E-state index >= 15 is 0 Å². The molecule has 0 aliphatic carbocycles. The van der Waals surface area contributed by atoms with Crippen molar-refractivity contribution in [3.8, 4) is 0 Å². The van der Waals surface area contributed by atoms with Gasteiger partial charge in [-0.25, -0.2) is 0 Å². The SMILES string of the molecule is Cc1c(CN2CCCNCC2)c2ccccc2n1C. The first-order chi connectivity index (χ1) is 9.27. The molecule has 3 nitrogen and oxygen atoms in total. The number of aryl methyl sites for hydroxylation is 1. The molecule has 0 bridgehead atoms. The lowest BCUT2D eigenvalue weighted by Crippen LogP contribution is -2.27. The first kappa shape index (κ1) is 12.7. The van der Waals surface area contributed by atoms with Crippen molar-refractivity contribution in [1.82, 2.24) is 14.8 Å². The maximum atomic E-state index is 3.47. The highest BCUT2D eigenvalue weighted by Crippen LogP contribution is 2.26. The van der Waals surface area contributed by atoms with E-state index in [1.807, 2.05) is 0 Å². The zero-order valence-corrected chi connectivity index (χ0v) is 11.9. The predicted molar refractivity (Wildman–Crippen MR) is 80.4 cm³/mol. The van der Waals surface area contributed by atoms with Crippen LogP contribution >= 0.6 is 0 Å². The van der Waals surface area contributed by atoms with E-state index in [9.17, 15) is 0 Å². The molecule has 1 N–H and O–H groups in total. The Balaban J connectivity index is 1.93. The maximum Gasteiger partial charge on any atom is 0.0483 e. The number of fused-ring (bicyclic) bond motifs is 1. The molecule has 1 aliphatic rings. The van der Waals surface area contributed by atoms with Crippen LogP contribution in [0.2, 0.25) is 0 Å². The second-order valence-corrected chi connectivity index (χ2v) is 5.52. The molecular formula is C16H23N3. The Bertz CT molecular complexity index is 563. The van der Waals surface area contributed by atoms with E-state index in [-0.39, 0.29) is 0 Å².